The van der Waals surface area contributed by atoms with Crippen molar-refractivity contribution >= 4 is 23.2 Å². The Labute approximate surface area is 120 Å². The van der Waals surface area contributed by atoms with Crippen molar-refractivity contribution in [3.8, 4) is 5.75 Å². The van der Waals surface area contributed by atoms with E-state index < -0.39 is 11.4 Å². The van der Waals surface area contributed by atoms with Crippen molar-refractivity contribution < 1.29 is 14.3 Å². The predicted octanol–water partition coefficient (Wildman–Crippen LogP) is 3.17. The van der Waals surface area contributed by atoms with Gasteiger partial charge in [-0.1, -0.05) is 6.92 Å². The van der Waals surface area contributed by atoms with E-state index in [1.54, 1.807) is 17.4 Å². The third-order valence-electron chi connectivity index (χ3n) is 2.73. The number of ketones is 1. The third kappa shape index (κ3) is 3.05. The lowest BCUT2D eigenvalue weighted by molar-refractivity contribution is 0.104. The Morgan fingerprint density at radius 2 is 2.20 bits per heavy atom. The number of aryl methyl sites for hydroxylation is 2. The number of hydrogen-bond donors (Lipinski definition) is 1. The monoisotopic (exact) mass is 290 g/mol. The van der Waals surface area contributed by atoms with Crippen molar-refractivity contribution in [2.24, 2.45) is 0 Å². The molecule has 104 valence electrons. The number of allylic oxidation sites excluding steroid dienone is 1. The summed E-state index contributed by atoms with van der Waals surface area (Å²) in [5.41, 5.74) is -1.16. The highest BCUT2D eigenvalue weighted by Crippen LogP contribution is 2.20. The summed E-state index contributed by atoms with van der Waals surface area (Å²) < 4.78 is 4.82. The average Bonchev–Trinajstić information content (AvgIpc) is 2.83. The van der Waals surface area contributed by atoms with Crippen LogP contribution in [0.4, 0.5) is 0 Å². The molecular weight excluding hydrogens is 276 g/mol. The van der Waals surface area contributed by atoms with E-state index in [0.29, 0.717) is 0 Å². The van der Waals surface area contributed by atoms with Crippen LogP contribution in [0.5, 0.6) is 5.75 Å². The van der Waals surface area contributed by atoms with E-state index in [-0.39, 0.29) is 17.1 Å². The second-order valence-corrected chi connectivity index (χ2v) is 5.46. The van der Waals surface area contributed by atoms with Crippen LogP contribution >= 0.6 is 11.3 Å². The molecule has 0 fully saturated rings. The summed E-state index contributed by atoms with van der Waals surface area (Å²) in [7, 11) is 0. The van der Waals surface area contributed by atoms with Crippen LogP contribution in [0.15, 0.2) is 33.5 Å². The second-order valence-electron chi connectivity index (χ2n) is 4.26. The maximum atomic E-state index is 11.9. The van der Waals surface area contributed by atoms with Crippen molar-refractivity contribution in [3.05, 3.63) is 55.8 Å². The van der Waals surface area contributed by atoms with Crippen molar-refractivity contribution in [1.29, 1.82) is 0 Å². The molecule has 20 heavy (non-hydrogen) atoms. The van der Waals surface area contributed by atoms with Gasteiger partial charge in [0.15, 0.2) is 5.78 Å². The van der Waals surface area contributed by atoms with Gasteiger partial charge in [0.2, 0.25) is 0 Å². The number of carbonyl (C=O) groups excluding carboxylic acids is 1. The first-order valence-corrected chi connectivity index (χ1v) is 6.97. The summed E-state index contributed by atoms with van der Waals surface area (Å²) in [6.45, 7) is 3.59. The maximum absolute atomic E-state index is 11.9. The summed E-state index contributed by atoms with van der Waals surface area (Å²) in [5, 5.41) is 9.67. The molecule has 0 spiro atoms. The van der Waals surface area contributed by atoms with E-state index in [4.69, 9.17) is 4.42 Å². The lowest BCUT2D eigenvalue weighted by atomic mass is 10.1. The van der Waals surface area contributed by atoms with Gasteiger partial charge in [0, 0.05) is 15.8 Å². The van der Waals surface area contributed by atoms with Gasteiger partial charge in [0.05, 0.1) is 0 Å². The molecule has 0 aliphatic rings. The highest BCUT2D eigenvalue weighted by Gasteiger charge is 2.15. The summed E-state index contributed by atoms with van der Waals surface area (Å²) in [6.07, 6.45) is 3.84. The smallest absolute Gasteiger partial charge is 0.351 e. The Kier molecular flexibility index (Phi) is 4.20. The molecule has 0 aromatic carbocycles. The lowest BCUT2D eigenvalue weighted by Crippen LogP contribution is -2.12. The van der Waals surface area contributed by atoms with E-state index in [2.05, 4.69) is 6.92 Å². The minimum atomic E-state index is -0.822. The number of aromatic hydroxyl groups is 1. The molecule has 0 aliphatic carbocycles. The van der Waals surface area contributed by atoms with Crippen LogP contribution in [0.25, 0.3) is 6.08 Å². The fourth-order valence-electron chi connectivity index (χ4n) is 1.74. The van der Waals surface area contributed by atoms with Crippen LogP contribution in [-0.4, -0.2) is 10.9 Å². The molecule has 2 heterocycles. The predicted molar refractivity (Wildman–Crippen MR) is 78.4 cm³/mol. The quantitative estimate of drug-likeness (QED) is 0.693. The Bertz CT molecular complexity index is 722. The van der Waals surface area contributed by atoms with E-state index in [0.717, 1.165) is 11.3 Å². The van der Waals surface area contributed by atoms with Gasteiger partial charge in [-0.15, -0.1) is 11.3 Å². The number of hydrogen-bond acceptors (Lipinski definition) is 5. The zero-order valence-electron chi connectivity index (χ0n) is 11.2. The molecule has 0 atom stereocenters. The molecule has 2 rings (SSSR count). The number of carbonyl (C=O) groups is 1. The molecule has 0 aliphatic heterocycles. The Morgan fingerprint density at radius 3 is 2.80 bits per heavy atom. The molecule has 0 saturated carbocycles. The Morgan fingerprint density at radius 1 is 1.45 bits per heavy atom. The van der Waals surface area contributed by atoms with Gasteiger partial charge in [-0.25, -0.2) is 4.79 Å². The van der Waals surface area contributed by atoms with Gasteiger partial charge in [0.25, 0.3) is 0 Å². The van der Waals surface area contributed by atoms with E-state index in [1.165, 1.54) is 23.9 Å². The molecule has 0 unspecified atom stereocenters. The topological polar surface area (TPSA) is 67.5 Å². The highest BCUT2D eigenvalue weighted by atomic mass is 32.1. The lowest BCUT2D eigenvalue weighted by Gasteiger charge is -1.99. The zero-order chi connectivity index (χ0) is 14.7. The van der Waals surface area contributed by atoms with Crippen molar-refractivity contribution in [3.63, 3.8) is 0 Å². The Hall–Kier alpha value is -2.14. The van der Waals surface area contributed by atoms with Gasteiger partial charge in [0.1, 0.15) is 17.1 Å². The molecule has 0 amide bonds. The summed E-state index contributed by atoms with van der Waals surface area (Å²) in [4.78, 5) is 25.7. The molecule has 1 N–H and O–H groups in total. The van der Waals surface area contributed by atoms with Crippen molar-refractivity contribution in [2.75, 3.05) is 0 Å². The number of thiophene rings is 1. The maximum Gasteiger partial charge on any atom is 0.351 e. The first kappa shape index (κ1) is 14.3. The van der Waals surface area contributed by atoms with Gasteiger partial charge in [-0.3, -0.25) is 4.79 Å². The molecule has 4 nitrogen and oxygen atoms in total. The fraction of sp³-hybridized carbons (Fsp3) is 0.200. The molecule has 0 saturated heterocycles. The molecule has 0 radical (unpaired) electrons. The molecule has 2 aromatic heterocycles. The van der Waals surface area contributed by atoms with Crippen LogP contribution < -0.4 is 5.63 Å². The highest BCUT2D eigenvalue weighted by molar-refractivity contribution is 7.12. The van der Waals surface area contributed by atoms with Crippen LogP contribution in [0.3, 0.4) is 0 Å². The van der Waals surface area contributed by atoms with Gasteiger partial charge in [-0.2, -0.15) is 0 Å². The Balaban J connectivity index is 2.26. The molecular formula is C15H14O4S. The van der Waals surface area contributed by atoms with Gasteiger partial charge < -0.3 is 9.52 Å². The van der Waals surface area contributed by atoms with E-state index in [9.17, 15) is 14.7 Å². The first-order chi connectivity index (χ1) is 9.51. The van der Waals surface area contributed by atoms with Gasteiger partial charge in [-0.05, 0) is 37.6 Å². The normalized spacial score (nSPS) is 11.1. The van der Waals surface area contributed by atoms with Gasteiger partial charge >= 0.3 is 5.63 Å². The SMILES string of the molecule is CCc1ccc(C=CC(=O)c2c(O)cc(C)oc2=O)s1. The summed E-state index contributed by atoms with van der Waals surface area (Å²) in [6, 6.07) is 5.15. The standard InChI is InChI=1S/C15H14O4S/c1-3-10-4-5-11(20-10)6-7-12(16)14-13(17)8-9(2)19-15(14)18/h4-8,17H,3H2,1-2H3. The third-order valence-corrected chi connectivity index (χ3v) is 3.93. The first-order valence-electron chi connectivity index (χ1n) is 6.16. The zero-order valence-corrected chi connectivity index (χ0v) is 12.0. The molecule has 2 aromatic rings. The average molecular weight is 290 g/mol. The fourth-order valence-corrected chi connectivity index (χ4v) is 2.59. The minimum Gasteiger partial charge on any atom is -0.507 e. The largest absolute Gasteiger partial charge is 0.507 e. The summed E-state index contributed by atoms with van der Waals surface area (Å²) >= 11 is 1.58. The molecule has 0 bridgehead atoms. The number of rotatable bonds is 4. The van der Waals surface area contributed by atoms with E-state index in [1.807, 2.05) is 12.1 Å². The van der Waals surface area contributed by atoms with E-state index >= 15 is 0 Å². The second kappa shape index (κ2) is 5.88. The van der Waals surface area contributed by atoms with Crippen LogP contribution in [0.2, 0.25) is 0 Å². The van der Waals surface area contributed by atoms with Crippen LogP contribution in [-0.2, 0) is 6.42 Å². The summed E-state index contributed by atoms with van der Waals surface area (Å²) in [5.74, 6) is -0.657. The minimum absolute atomic E-state index is 0.263. The van der Waals surface area contributed by atoms with Crippen LogP contribution in [0.1, 0.15) is 32.8 Å². The van der Waals surface area contributed by atoms with Crippen molar-refractivity contribution in [1.82, 2.24) is 0 Å². The molecule has 5 heteroatoms. The van der Waals surface area contributed by atoms with Crippen molar-refractivity contribution in [2.45, 2.75) is 20.3 Å². The van der Waals surface area contributed by atoms with Crippen LogP contribution in [0, 0.1) is 6.92 Å².